The zero-order valence-electron chi connectivity index (χ0n) is 16.3. The number of carbonyl (C=O) groups is 1. The van der Waals surface area contributed by atoms with Crippen molar-refractivity contribution in [1.82, 2.24) is 4.57 Å². The van der Waals surface area contributed by atoms with E-state index in [-0.39, 0.29) is 18.0 Å². The number of benzene rings is 1. The molecule has 1 aromatic heterocycles. The Morgan fingerprint density at radius 2 is 1.86 bits per heavy atom. The van der Waals surface area contributed by atoms with Gasteiger partial charge in [0.2, 0.25) is 0 Å². The van der Waals surface area contributed by atoms with E-state index in [1.807, 2.05) is 56.5 Å². The molecule has 150 valence electrons. The maximum absolute atomic E-state index is 11.9. The van der Waals surface area contributed by atoms with Crippen LogP contribution in [0.5, 0.6) is 0 Å². The molecule has 0 aliphatic rings. The molecule has 28 heavy (non-hydrogen) atoms. The van der Waals surface area contributed by atoms with Gasteiger partial charge in [-0.25, -0.2) is 9.79 Å². The summed E-state index contributed by atoms with van der Waals surface area (Å²) >= 11 is 13.5. The van der Waals surface area contributed by atoms with Crippen LogP contribution >= 0.6 is 34.5 Å². The lowest BCUT2D eigenvalue weighted by Gasteiger charge is -2.20. The first-order valence-electron chi connectivity index (χ1n) is 8.93. The van der Waals surface area contributed by atoms with Gasteiger partial charge >= 0.3 is 5.97 Å². The molecule has 0 aliphatic heterocycles. The summed E-state index contributed by atoms with van der Waals surface area (Å²) < 4.78 is 2.00. The van der Waals surface area contributed by atoms with Crippen molar-refractivity contribution in [2.24, 2.45) is 4.99 Å². The van der Waals surface area contributed by atoms with E-state index in [9.17, 15) is 9.90 Å². The average molecular weight is 439 g/mol. The largest absolute Gasteiger partial charge is 0.477 e. The first-order valence-corrected chi connectivity index (χ1v) is 10.5. The number of aromatic carboxylic acids is 1. The molecule has 2 atom stereocenters. The molecule has 1 aromatic carbocycles. The molecule has 1 unspecified atom stereocenters. The second kappa shape index (κ2) is 9.59. The number of hydrogen-bond acceptors (Lipinski definition) is 3. The number of halogens is 2. The van der Waals surface area contributed by atoms with Crippen molar-refractivity contribution in [2.45, 2.75) is 45.7 Å². The minimum Gasteiger partial charge on any atom is -0.477 e. The first-order chi connectivity index (χ1) is 13.2. The Morgan fingerprint density at radius 1 is 1.25 bits per heavy atom. The highest BCUT2D eigenvalue weighted by Gasteiger charge is 2.25. The van der Waals surface area contributed by atoms with Gasteiger partial charge in [0.05, 0.1) is 12.1 Å². The third kappa shape index (κ3) is 4.96. The van der Waals surface area contributed by atoms with Gasteiger partial charge in [-0.15, -0.1) is 0 Å². The third-order valence-electron chi connectivity index (χ3n) is 4.35. The summed E-state index contributed by atoms with van der Waals surface area (Å²) in [6.07, 6.45) is 3.30. The third-order valence-corrected chi connectivity index (χ3v) is 6.12. The molecule has 0 fully saturated rings. The molecule has 0 spiro atoms. The minimum absolute atomic E-state index is 0.00976. The van der Waals surface area contributed by atoms with Crippen molar-refractivity contribution in [3.05, 3.63) is 74.0 Å². The van der Waals surface area contributed by atoms with E-state index in [4.69, 9.17) is 28.2 Å². The number of carboxylic acids is 1. The first kappa shape index (κ1) is 22.5. The highest BCUT2D eigenvalue weighted by Crippen LogP contribution is 2.29. The number of rotatable bonds is 7. The molecule has 0 radical (unpaired) electrons. The quantitative estimate of drug-likeness (QED) is 0.520. The molecule has 0 bridgehead atoms. The van der Waals surface area contributed by atoms with Crippen LogP contribution in [-0.2, 0) is 0 Å². The molecular formula is C21H24Cl2N2O2S. The minimum atomic E-state index is -0.951. The fourth-order valence-corrected chi connectivity index (χ4v) is 4.47. The standard InChI is InChI=1S/C21H24Cl2N2O2S/c1-6-7-17(23)13(4)24-21-25(14(5)15-8-10-16(22)11-9-15)18(12(2)3)19(28-21)20(26)27/h6-14H,1H2,2-5H3,(H,26,27)/b17-7+,24-21?/t13?,14-/m0/s1. The second-order valence-electron chi connectivity index (χ2n) is 6.75. The summed E-state index contributed by atoms with van der Waals surface area (Å²) in [5.74, 6) is -0.942. The molecular weight excluding hydrogens is 415 g/mol. The van der Waals surface area contributed by atoms with Crippen LogP contribution in [0.3, 0.4) is 0 Å². The average Bonchev–Trinajstić information content (AvgIpc) is 3.01. The van der Waals surface area contributed by atoms with Crippen molar-refractivity contribution >= 4 is 40.5 Å². The van der Waals surface area contributed by atoms with Gasteiger partial charge < -0.3 is 9.67 Å². The molecule has 7 heteroatoms. The summed E-state index contributed by atoms with van der Waals surface area (Å²) in [7, 11) is 0. The van der Waals surface area contributed by atoms with E-state index < -0.39 is 5.97 Å². The smallest absolute Gasteiger partial charge is 0.347 e. The SMILES string of the molecule is C=C/C=C(/Cl)C(C)N=c1sc(C(=O)O)c(C(C)C)n1[C@@H](C)c1ccc(Cl)cc1. The molecule has 0 amide bonds. The Bertz CT molecular complexity index is 956. The van der Waals surface area contributed by atoms with Gasteiger partial charge in [-0.3, -0.25) is 0 Å². The van der Waals surface area contributed by atoms with Gasteiger partial charge in [0.25, 0.3) is 0 Å². The van der Waals surface area contributed by atoms with E-state index >= 15 is 0 Å². The number of carboxylic acid groups (broad SMARTS) is 1. The van der Waals surface area contributed by atoms with Gasteiger partial charge in [0, 0.05) is 15.7 Å². The maximum Gasteiger partial charge on any atom is 0.347 e. The summed E-state index contributed by atoms with van der Waals surface area (Å²) in [4.78, 5) is 17.6. The number of nitrogens with zero attached hydrogens (tertiary/aromatic N) is 2. The number of aromatic nitrogens is 1. The van der Waals surface area contributed by atoms with Gasteiger partial charge in [-0.2, -0.15) is 0 Å². The van der Waals surface area contributed by atoms with Crippen LogP contribution in [0.4, 0.5) is 0 Å². The lowest BCUT2D eigenvalue weighted by molar-refractivity contribution is 0.0699. The topological polar surface area (TPSA) is 54.6 Å². The summed E-state index contributed by atoms with van der Waals surface area (Å²) in [5.41, 5.74) is 1.76. The molecule has 1 heterocycles. The van der Waals surface area contributed by atoms with Crippen LogP contribution in [0.1, 0.15) is 60.6 Å². The normalized spacial score (nSPS) is 15.0. The second-order valence-corrected chi connectivity index (χ2v) is 8.60. The highest BCUT2D eigenvalue weighted by atomic mass is 35.5. The van der Waals surface area contributed by atoms with Crippen LogP contribution in [0, 0.1) is 0 Å². The fourth-order valence-electron chi connectivity index (χ4n) is 2.93. The van der Waals surface area contributed by atoms with Crippen molar-refractivity contribution in [2.75, 3.05) is 0 Å². The van der Waals surface area contributed by atoms with Crippen LogP contribution in [0.15, 0.2) is 53.0 Å². The Morgan fingerprint density at radius 3 is 2.36 bits per heavy atom. The van der Waals surface area contributed by atoms with Crippen LogP contribution in [-0.4, -0.2) is 21.7 Å². The summed E-state index contributed by atoms with van der Waals surface area (Å²) in [5, 5.41) is 10.9. The van der Waals surface area contributed by atoms with Gasteiger partial charge in [0.1, 0.15) is 4.88 Å². The number of allylic oxidation sites excluding steroid dienone is 2. The zero-order chi connectivity index (χ0) is 21.0. The molecule has 1 N–H and O–H groups in total. The van der Waals surface area contributed by atoms with Gasteiger partial charge in [-0.1, -0.05) is 73.2 Å². The lowest BCUT2D eigenvalue weighted by Crippen LogP contribution is -2.24. The number of thiazole rings is 1. The van der Waals surface area contributed by atoms with Gasteiger partial charge in [-0.05, 0) is 43.5 Å². The van der Waals surface area contributed by atoms with Crippen LogP contribution < -0.4 is 4.80 Å². The monoisotopic (exact) mass is 438 g/mol. The Hall–Kier alpha value is -1.82. The van der Waals surface area contributed by atoms with Crippen molar-refractivity contribution in [1.29, 1.82) is 0 Å². The highest BCUT2D eigenvalue weighted by molar-refractivity contribution is 7.11. The van der Waals surface area contributed by atoms with E-state index in [1.54, 1.807) is 12.2 Å². The number of hydrogen-bond donors (Lipinski definition) is 1. The zero-order valence-corrected chi connectivity index (χ0v) is 18.6. The predicted molar refractivity (Wildman–Crippen MR) is 118 cm³/mol. The van der Waals surface area contributed by atoms with E-state index in [2.05, 4.69) is 6.58 Å². The summed E-state index contributed by atoms with van der Waals surface area (Å²) in [6.45, 7) is 11.5. The van der Waals surface area contributed by atoms with Gasteiger partial charge in [0.15, 0.2) is 4.80 Å². The molecule has 0 saturated heterocycles. The Kier molecular flexibility index (Phi) is 7.70. The Balaban J connectivity index is 2.76. The Labute approximate surface area is 179 Å². The summed E-state index contributed by atoms with van der Waals surface area (Å²) in [6, 6.07) is 7.11. The maximum atomic E-state index is 11.9. The fraction of sp³-hybridized carbons (Fsp3) is 0.333. The van der Waals surface area contributed by atoms with Crippen molar-refractivity contribution in [3.63, 3.8) is 0 Å². The molecule has 0 saturated carbocycles. The van der Waals surface area contributed by atoms with E-state index in [1.165, 1.54) is 11.3 Å². The predicted octanol–water partition coefficient (Wildman–Crippen LogP) is 6.23. The molecule has 2 rings (SSSR count). The van der Waals surface area contributed by atoms with Crippen LogP contribution in [0.2, 0.25) is 5.02 Å². The lowest BCUT2D eigenvalue weighted by atomic mass is 10.0. The van der Waals surface area contributed by atoms with E-state index in [0.29, 0.717) is 19.7 Å². The molecule has 0 aliphatic carbocycles. The van der Waals surface area contributed by atoms with Crippen molar-refractivity contribution in [3.8, 4) is 0 Å². The molecule has 4 nitrogen and oxygen atoms in total. The van der Waals surface area contributed by atoms with E-state index in [0.717, 1.165) is 11.3 Å². The van der Waals surface area contributed by atoms with Crippen LogP contribution in [0.25, 0.3) is 0 Å². The molecule has 2 aromatic rings. The van der Waals surface area contributed by atoms with Crippen molar-refractivity contribution < 1.29 is 9.90 Å².